The number of hydrogen-bond acceptors (Lipinski definition) is 2. The molecule has 0 unspecified atom stereocenters. The summed E-state index contributed by atoms with van der Waals surface area (Å²) in [6, 6.07) is 7.55. The van der Waals surface area contributed by atoms with Gasteiger partial charge in [-0.2, -0.15) is 0 Å². The molecule has 0 amide bonds. The standard InChI is InChI=1S/C11H15NO/c12-7-8-4-10(5-8)9-2-1-3-11(13)6-9/h1-3,6,8,10,13H,4-5,7,12H2. The Kier molecular flexibility index (Phi) is 2.23. The van der Waals surface area contributed by atoms with E-state index in [1.807, 2.05) is 12.1 Å². The molecule has 2 rings (SSSR count). The van der Waals surface area contributed by atoms with Crippen molar-refractivity contribution in [2.45, 2.75) is 18.8 Å². The minimum Gasteiger partial charge on any atom is -0.508 e. The molecule has 1 aliphatic rings. The van der Waals surface area contributed by atoms with Crippen LogP contribution >= 0.6 is 0 Å². The molecule has 0 spiro atoms. The van der Waals surface area contributed by atoms with Crippen LogP contribution in [-0.4, -0.2) is 11.7 Å². The van der Waals surface area contributed by atoms with Crippen LogP contribution in [-0.2, 0) is 0 Å². The number of benzene rings is 1. The molecule has 70 valence electrons. The van der Waals surface area contributed by atoms with Gasteiger partial charge in [0.1, 0.15) is 5.75 Å². The second kappa shape index (κ2) is 3.38. The van der Waals surface area contributed by atoms with Crippen LogP contribution in [0.2, 0.25) is 0 Å². The quantitative estimate of drug-likeness (QED) is 0.724. The molecule has 3 N–H and O–H groups in total. The van der Waals surface area contributed by atoms with Crippen molar-refractivity contribution in [2.75, 3.05) is 6.54 Å². The lowest BCUT2D eigenvalue weighted by Gasteiger charge is -2.34. The highest BCUT2D eigenvalue weighted by molar-refractivity contribution is 5.30. The topological polar surface area (TPSA) is 46.2 Å². The zero-order chi connectivity index (χ0) is 9.26. The first-order valence-corrected chi connectivity index (χ1v) is 4.78. The van der Waals surface area contributed by atoms with Crippen LogP contribution < -0.4 is 5.73 Å². The molecule has 1 aromatic carbocycles. The second-order valence-corrected chi connectivity index (χ2v) is 3.87. The first-order valence-electron chi connectivity index (χ1n) is 4.78. The lowest BCUT2D eigenvalue weighted by atomic mass is 9.71. The van der Waals surface area contributed by atoms with Crippen LogP contribution in [0.15, 0.2) is 24.3 Å². The maximum Gasteiger partial charge on any atom is 0.115 e. The zero-order valence-electron chi connectivity index (χ0n) is 7.61. The van der Waals surface area contributed by atoms with Gasteiger partial charge in [-0.3, -0.25) is 0 Å². The third-order valence-corrected chi connectivity index (χ3v) is 2.91. The normalized spacial score (nSPS) is 26.8. The van der Waals surface area contributed by atoms with E-state index in [2.05, 4.69) is 6.07 Å². The van der Waals surface area contributed by atoms with Gasteiger partial charge in [0.05, 0.1) is 0 Å². The van der Waals surface area contributed by atoms with Crippen molar-refractivity contribution in [3.8, 4) is 5.75 Å². The molecule has 0 aliphatic heterocycles. The number of rotatable bonds is 2. The molecular weight excluding hydrogens is 162 g/mol. The van der Waals surface area contributed by atoms with E-state index in [0.29, 0.717) is 17.6 Å². The van der Waals surface area contributed by atoms with E-state index in [1.54, 1.807) is 6.07 Å². The molecular formula is C11H15NO. The summed E-state index contributed by atoms with van der Waals surface area (Å²) in [6.45, 7) is 0.801. The van der Waals surface area contributed by atoms with E-state index < -0.39 is 0 Å². The Labute approximate surface area is 78.4 Å². The van der Waals surface area contributed by atoms with E-state index >= 15 is 0 Å². The minimum atomic E-state index is 0.369. The summed E-state index contributed by atoms with van der Waals surface area (Å²) in [4.78, 5) is 0. The predicted octanol–water partition coefficient (Wildman–Crippen LogP) is 1.84. The Bertz CT molecular complexity index is 292. The maximum atomic E-state index is 9.28. The molecule has 1 aliphatic carbocycles. The van der Waals surface area contributed by atoms with Gasteiger partial charge in [-0.15, -0.1) is 0 Å². The van der Waals surface area contributed by atoms with Crippen molar-refractivity contribution in [2.24, 2.45) is 11.7 Å². The summed E-state index contributed by atoms with van der Waals surface area (Å²) in [6.07, 6.45) is 2.36. The summed E-state index contributed by atoms with van der Waals surface area (Å²) >= 11 is 0. The summed E-state index contributed by atoms with van der Waals surface area (Å²) in [5.74, 6) is 1.70. The van der Waals surface area contributed by atoms with Crippen LogP contribution in [0.1, 0.15) is 24.3 Å². The summed E-state index contributed by atoms with van der Waals surface area (Å²) in [7, 11) is 0. The monoisotopic (exact) mass is 177 g/mol. The smallest absolute Gasteiger partial charge is 0.115 e. The molecule has 0 saturated heterocycles. The summed E-state index contributed by atoms with van der Waals surface area (Å²) < 4.78 is 0. The number of nitrogens with two attached hydrogens (primary N) is 1. The zero-order valence-corrected chi connectivity index (χ0v) is 7.61. The van der Waals surface area contributed by atoms with Gasteiger partial charge < -0.3 is 10.8 Å². The van der Waals surface area contributed by atoms with E-state index in [-0.39, 0.29) is 0 Å². The van der Waals surface area contributed by atoms with Crippen LogP contribution in [0.25, 0.3) is 0 Å². The Morgan fingerprint density at radius 1 is 1.38 bits per heavy atom. The number of aromatic hydroxyl groups is 1. The lowest BCUT2D eigenvalue weighted by molar-refractivity contribution is 0.271. The van der Waals surface area contributed by atoms with Gasteiger partial charge in [-0.25, -0.2) is 0 Å². The Morgan fingerprint density at radius 2 is 2.15 bits per heavy atom. The highest BCUT2D eigenvalue weighted by atomic mass is 16.3. The predicted molar refractivity (Wildman–Crippen MR) is 52.6 cm³/mol. The molecule has 0 aromatic heterocycles. The highest BCUT2D eigenvalue weighted by Gasteiger charge is 2.28. The fourth-order valence-corrected chi connectivity index (χ4v) is 1.98. The van der Waals surface area contributed by atoms with Crippen molar-refractivity contribution >= 4 is 0 Å². The molecule has 2 heteroatoms. The molecule has 1 aromatic rings. The van der Waals surface area contributed by atoms with E-state index in [4.69, 9.17) is 5.73 Å². The number of hydrogen-bond donors (Lipinski definition) is 2. The fraction of sp³-hybridized carbons (Fsp3) is 0.455. The van der Waals surface area contributed by atoms with E-state index in [0.717, 1.165) is 6.54 Å². The van der Waals surface area contributed by atoms with Crippen LogP contribution in [0.4, 0.5) is 0 Å². The van der Waals surface area contributed by atoms with Crippen molar-refractivity contribution < 1.29 is 5.11 Å². The van der Waals surface area contributed by atoms with Crippen molar-refractivity contribution in [1.82, 2.24) is 0 Å². The summed E-state index contributed by atoms with van der Waals surface area (Å²) in [5.41, 5.74) is 6.81. The van der Waals surface area contributed by atoms with Crippen molar-refractivity contribution in [3.63, 3.8) is 0 Å². The molecule has 0 atom stereocenters. The van der Waals surface area contributed by atoms with Crippen molar-refractivity contribution in [3.05, 3.63) is 29.8 Å². The maximum absolute atomic E-state index is 9.28. The van der Waals surface area contributed by atoms with Crippen LogP contribution in [0.3, 0.4) is 0 Å². The highest BCUT2D eigenvalue weighted by Crippen LogP contribution is 2.41. The van der Waals surface area contributed by atoms with Crippen LogP contribution in [0, 0.1) is 5.92 Å². The van der Waals surface area contributed by atoms with E-state index in [9.17, 15) is 5.11 Å². The molecule has 0 heterocycles. The lowest BCUT2D eigenvalue weighted by Crippen LogP contribution is -2.28. The van der Waals surface area contributed by atoms with Crippen LogP contribution in [0.5, 0.6) is 5.75 Å². The van der Waals surface area contributed by atoms with Gasteiger partial charge in [0.2, 0.25) is 0 Å². The Balaban J connectivity index is 2.03. The largest absolute Gasteiger partial charge is 0.508 e. The Hall–Kier alpha value is -1.02. The SMILES string of the molecule is NCC1CC(c2cccc(O)c2)C1. The van der Waals surface area contributed by atoms with Gasteiger partial charge in [-0.1, -0.05) is 12.1 Å². The third kappa shape index (κ3) is 1.68. The molecule has 0 bridgehead atoms. The number of phenolic OH excluding ortho intramolecular Hbond substituents is 1. The molecule has 1 saturated carbocycles. The molecule has 2 nitrogen and oxygen atoms in total. The fourth-order valence-electron chi connectivity index (χ4n) is 1.98. The first kappa shape index (κ1) is 8.57. The molecule has 1 fully saturated rings. The van der Waals surface area contributed by atoms with Gasteiger partial charge in [-0.05, 0) is 48.9 Å². The average molecular weight is 177 g/mol. The van der Waals surface area contributed by atoms with Crippen molar-refractivity contribution in [1.29, 1.82) is 0 Å². The second-order valence-electron chi connectivity index (χ2n) is 3.87. The van der Waals surface area contributed by atoms with Gasteiger partial charge >= 0.3 is 0 Å². The minimum absolute atomic E-state index is 0.369. The van der Waals surface area contributed by atoms with Gasteiger partial charge in [0.25, 0.3) is 0 Å². The first-order chi connectivity index (χ1) is 6.29. The average Bonchev–Trinajstić information content (AvgIpc) is 2.02. The van der Waals surface area contributed by atoms with E-state index in [1.165, 1.54) is 18.4 Å². The number of phenols is 1. The molecule has 13 heavy (non-hydrogen) atoms. The third-order valence-electron chi connectivity index (χ3n) is 2.91. The van der Waals surface area contributed by atoms with Gasteiger partial charge in [0.15, 0.2) is 0 Å². The molecule has 0 radical (unpaired) electrons. The Morgan fingerprint density at radius 3 is 2.77 bits per heavy atom. The summed E-state index contributed by atoms with van der Waals surface area (Å²) in [5, 5.41) is 9.28. The van der Waals surface area contributed by atoms with Gasteiger partial charge in [0, 0.05) is 0 Å².